The Hall–Kier alpha value is -3.46. The SMILES string of the molecule is CCOC(=O)OC[C@@H]1[C@@H]2NC(=O)N(C)[C@@]1(COCc1ccc(OC)cc1)Oc1ccccc12. The predicted molar refractivity (Wildman–Crippen MR) is 118 cm³/mol. The lowest BCUT2D eigenvalue weighted by Crippen LogP contribution is -2.72. The van der Waals surface area contributed by atoms with E-state index in [9.17, 15) is 9.59 Å². The van der Waals surface area contributed by atoms with E-state index in [4.69, 9.17) is 23.7 Å². The van der Waals surface area contributed by atoms with Gasteiger partial charge in [0.1, 0.15) is 24.7 Å². The van der Waals surface area contributed by atoms with Gasteiger partial charge in [0.25, 0.3) is 0 Å². The van der Waals surface area contributed by atoms with E-state index in [0.29, 0.717) is 12.4 Å². The molecule has 9 nitrogen and oxygen atoms in total. The highest BCUT2D eigenvalue weighted by atomic mass is 16.7. The number of ether oxygens (including phenoxy) is 5. The number of nitrogens with one attached hydrogen (secondary N) is 1. The van der Waals surface area contributed by atoms with Crippen molar-refractivity contribution < 1.29 is 33.3 Å². The van der Waals surface area contributed by atoms with Gasteiger partial charge in [0.05, 0.1) is 32.3 Å². The molecule has 176 valence electrons. The molecule has 2 aliphatic rings. The van der Waals surface area contributed by atoms with Crippen molar-refractivity contribution in [2.45, 2.75) is 25.3 Å². The van der Waals surface area contributed by atoms with Crippen LogP contribution in [-0.4, -0.2) is 56.8 Å². The Morgan fingerprint density at radius 3 is 2.64 bits per heavy atom. The average molecular weight is 456 g/mol. The van der Waals surface area contributed by atoms with Crippen molar-refractivity contribution >= 4 is 12.2 Å². The molecule has 2 aliphatic heterocycles. The first-order valence-electron chi connectivity index (χ1n) is 10.8. The smallest absolute Gasteiger partial charge is 0.497 e. The number of methoxy groups -OCH3 is 1. The van der Waals surface area contributed by atoms with Crippen LogP contribution < -0.4 is 14.8 Å². The van der Waals surface area contributed by atoms with Gasteiger partial charge in [-0.1, -0.05) is 30.3 Å². The number of urea groups is 1. The highest BCUT2D eigenvalue weighted by Gasteiger charge is 2.59. The van der Waals surface area contributed by atoms with Crippen molar-refractivity contribution in [2.24, 2.45) is 5.92 Å². The first-order valence-corrected chi connectivity index (χ1v) is 10.8. The van der Waals surface area contributed by atoms with E-state index >= 15 is 0 Å². The third kappa shape index (κ3) is 4.41. The molecule has 0 radical (unpaired) electrons. The van der Waals surface area contributed by atoms with Crippen LogP contribution >= 0.6 is 0 Å². The maximum absolute atomic E-state index is 12.8. The second kappa shape index (κ2) is 9.58. The first-order chi connectivity index (χ1) is 16.0. The molecule has 2 bridgehead atoms. The fraction of sp³-hybridized carbons (Fsp3) is 0.417. The molecule has 33 heavy (non-hydrogen) atoms. The topological polar surface area (TPSA) is 95.6 Å². The minimum absolute atomic E-state index is 0.0195. The van der Waals surface area contributed by atoms with E-state index in [1.54, 1.807) is 21.1 Å². The average Bonchev–Trinajstić information content (AvgIpc) is 2.82. The van der Waals surface area contributed by atoms with Gasteiger partial charge in [-0.05, 0) is 30.7 Å². The molecule has 2 amide bonds. The molecule has 0 aromatic heterocycles. The van der Waals surface area contributed by atoms with Gasteiger partial charge < -0.3 is 29.0 Å². The zero-order valence-corrected chi connectivity index (χ0v) is 18.9. The molecule has 4 rings (SSSR count). The Bertz CT molecular complexity index is 997. The van der Waals surface area contributed by atoms with E-state index in [-0.39, 0.29) is 25.9 Å². The second-order valence-corrected chi connectivity index (χ2v) is 7.91. The normalized spacial score (nSPS) is 23.1. The van der Waals surface area contributed by atoms with Crippen molar-refractivity contribution in [3.05, 3.63) is 59.7 Å². The number of para-hydroxylation sites is 1. The molecule has 0 aliphatic carbocycles. The quantitative estimate of drug-likeness (QED) is 0.608. The summed E-state index contributed by atoms with van der Waals surface area (Å²) in [6.45, 7) is 2.28. The van der Waals surface area contributed by atoms with Gasteiger partial charge in [-0.3, -0.25) is 4.90 Å². The van der Waals surface area contributed by atoms with Crippen LogP contribution in [-0.2, 0) is 20.8 Å². The van der Waals surface area contributed by atoms with E-state index in [1.807, 2.05) is 48.5 Å². The monoisotopic (exact) mass is 456 g/mol. The molecule has 9 heteroatoms. The van der Waals surface area contributed by atoms with Gasteiger partial charge in [0.2, 0.25) is 5.72 Å². The molecule has 2 aromatic rings. The van der Waals surface area contributed by atoms with Crippen molar-refractivity contribution in [1.29, 1.82) is 0 Å². The number of rotatable bonds is 8. The molecule has 1 saturated heterocycles. The summed E-state index contributed by atoms with van der Waals surface area (Å²) in [7, 11) is 3.26. The minimum Gasteiger partial charge on any atom is -0.497 e. The third-order valence-corrected chi connectivity index (χ3v) is 6.05. The van der Waals surface area contributed by atoms with Crippen LogP contribution in [0.25, 0.3) is 0 Å². The molecule has 0 unspecified atom stereocenters. The molecule has 2 aromatic carbocycles. The maximum Gasteiger partial charge on any atom is 0.508 e. The predicted octanol–water partition coefficient (Wildman–Crippen LogP) is 3.49. The number of nitrogens with zero attached hydrogens (tertiary/aromatic N) is 1. The number of amides is 2. The number of fused-ring (bicyclic) bond motifs is 4. The van der Waals surface area contributed by atoms with Crippen LogP contribution in [0.4, 0.5) is 9.59 Å². The van der Waals surface area contributed by atoms with E-state index < -0.39 is 23.8 Å². The number of benzene rings is 2. The number of hydrogen-bond donors (Lipinski definition) is 1. The lowest BCUT2D eigenvalue weighted by Gasteiger charge is -2.55. The van der Waals surface area contributed by atoms with Crippen LogP contribution in [0.2, 0.25) is 0 Å². The van der Waals surface area contributed by atoms with E-state index in [1.165, 1.54) is 4.90 Å². The largest absolute Gasteiger partial charge is 0.508 e. The first kappa shape index (κ1) is 22.7. The summed E-state index contributed by atoms with van der Waals surface area (Å²) in [5.74, 6) is 0.970. The van der Waals surface area contributed by atoms with Gasteiger partial charge in [0.15, 0.2) is 0 Å². The van der Waals surface area contributed by atoms with Crippen LogP contribution in [0, 0.1) is 5.92 Å². The van der Waals surface area contributed by atoms with Gasteiger partial charge in [-0.15, -0.1) is 0 Å². The summed E-state index contributed by atoms with van der Waals surface area (Å²) in [6.07, 6.45) is -0.766. The fourth-order valence-corrected chi connectivity index (χ4v) is 4.28. The van der Waals surface area contributed by atoms with Gasteiger partial charge in [0, 0.05) is 12.6 Å². The summed E-state index contributed by atoms with van der Waals surface area (Å²) >= 11 is 0. The number of carbonyl (C=O) groups is 2. The summed E-state index contributed by atoms with van der Waals surface area (Å²) in [4.78, 5) is 26.2. The number of carbonyl (C=O) groups excluding carboxylic acids is 2. The van der Waals surface area contributed by atoms with E-state index in [2.05, 4.69) is 5.32 Å². The summed E-state index contributed by atoms with van der Waals surface area (Å²) in [5, 5.41) is 3.01. The Kier molecular flexibility index (Phi) is 6.60. The Morgan fingerprint density at radius 2 is 1.91 bits per heavy atom. The van der Waals surface area contributed by atoms with Crippen LogP contribution in [0.1, 0.15) is 24.1 Å². The standard InChI is InChI=1S/C24H28N2O7/c1-4-31-23(28)32-14-19-21-18-7-5-6-8-20(18)33-24(19,26(2)22(27)25-21)15-30-13-16-9-11-17(29-3)12-10-16/h5-12,19,21H,4,13-15H2,1-3H3,(H,25,27)/t19-,21-,24+/m1/s1. The highest BCUT2D eigenvalue weighted by Crippen LogP contribution is 2.48. The fourth-order valence-electron chi connectivity index (χ4n) is 4.28. The zero-order chi connectivity index (χ0) is 23.4. The molecule has 3 atom stereocenters. The van der Waals surface area contributed by atoms with Crippen molar-refractivity contribution in [3.8, 4) is 11.5 Å². The molecular formula is C24H28N2O7. The Morgan fingerprint density at radius 1 is 1.15 bits per heavy atom. The zero-order valence-electron chi connectivity index (χ0n) is 18.9. The van der Waals surface area contributed by atoms with Crippen molar-refractivity contribution in [2.75, 3.05) is 34.0 Å². The van der Waals surface area contributed by atoms with Gasteiger partial charge in [-0.2, -0.15) is 0 Å². The molecule has 1 fully saturated rings. The van der Waals surface area contributed by atoms with Crippen LogP contribution in [0.3, 0.4) is 0 Å². The van der Waals surface area contributed by atoms with E-state index in [0.717, 1.165) is 16.9 Å². The van der Waals surface area contributed by atoms with Crippen LogP contribution in [0.15, 0.2) is 48.5 Å². The van der Waals surface area contributed by atoms with Gasteiger partial charge >= 0.3 is 12.2 Å². The van der Waals surface area contributed by atoms with Crippen molar-refractivity contribution in [3.63, 3.8) is 0 Å². The van der Waals surface area contributed by atoms with Gasteiger partial charge in [-0.25, -0.2) is 9.59 Å². The van der Waals surface area contributed by atoms with Crippen LogP contribution in [0.5, 0.6) is 11.5 Å². The summed E-state index contributed by atoms with van der Waals surface area (Å²) < 4.78 is 28.0. The maximum atomic E-state index is 12.8. The minimum atomic E-state index is -1.18. The molecule has 0 spiro atoms. The summed E-state index contributed by atoms with van der Waals surface area (Å²) in [5.41, 5.74) is 0.588. The lowest BCUT2D eigenvalue weighted by molar-refractivity contribution is -0.183. The molecular weight excluding hydrogens is 428 g/mol. The Labute approximate surface area is 192 Å². The molecule has 0 saturated carbocycles. The second-order valence-electron chi connectivity index (χ2n) is 7.91. The third-order valence-electron chi connectivity index (χ3n) is 6.05. The molecule has 2 heterocycles. The highest BCUT2D eigenvalue weighted by molar-refractivity contribution is 5.77. The molecule has 1 N–H and O–H groups in total. The Balaban J connectivity index is 1.60. The van der Waals surface area contributed by atoms with Crippen molar-refractivity contribution in [1.82, 2.24) is 10.2 Å². The lowest BCUT2D eigenvalue weighted by atomic mass is 9.79. The number of hydrogen-bond acceptors (Lipinski definition) is 7. The summed E-state index contributed by atoms with van der Waals surface area (Å²) in [6, 6.07) is 14.3. The number of likely N-dealkylation sites (N-methyl/N-ethyl adjacent to an activating group) is 1.